The molecule has 10 heteroatoms. The molecule has 0 radical (unpaired) electrons. The van der Waals surface area contributed by atoms with Crippen molar-refractivity contribution in [3.05, 3.63) is 48.4 Å². The summed E-state index contributed by atoms with van der Waals surface area (Å²) in [4.78, 5) is 4.48. The number of methoxy groups -OCH3 is 1. The smallest absolute Gasteiger partial charge is 0.237 e. The number of benzene rings is 2. The molecule has 5 rings (SSSR count). The van der Waals surface area contributed by atoms with Crippen molar-refractivity contribution in [2.24, 2.45) is 7.05 Å². The average molecular weight is 452 g/mol. The van der Waals surface area contributed by atoms with E-state index in [4.69, 9.17) is 18.7 Å². The topological polar surface area (TPSA) is 97.3 Å². The van der Waals surface area contributed by atoms with Crippen molar-refractivity contribution in [2.45, 2.75) is 17.3 Å². The molecule has 2 aromatic carbocycles. The number of aromatic nitrogens is 5. The van der Waals surface area contributed by atoms with Crippen molar-refractivity contribution in [1.29, 1.82) is 0 Å². The fraction of sp³-hybridized carbons (Fsp3) is 0.273. The Hall–Kier alpha value is -3.53. The fourth-order valence-corrected chi connectivity index (χ4v) is 4.04. The standard InChI is InChI=1S/C22H21N5O4S/c1-27-21(15-6-9-17-18(12-15)30-11-3-10-29-17)24-25-22(27)32-13-19-23-20(26-31-19)14-4-7-16(28-2)8-5-14/h4-9,12H,3,10-11,13H2,1-2H3. The van der Waals surface area contributed by atoms with Crippen LogP contribution < -0.4 is 14.2 Å². The first-order valence-corrected chi connectivity index (χ1v) is 11.1. The van der Waals surface area contributed by atoms with Crippen molar-refractivity contribution in [2.75, 3.05) is 20.3 Å². The minimum absolute atomic E-state index is 0.482. The van der Waals surface area contributed by atoms with E-state index in [2.05, 4.69) is 20.3 Å². The van der Waals surface area contributed by atoms with E-state index in [9.17, 15) is 0 Å². The van der Waals surface area contributed by atoms with Crippen molar-refractivity contribution in [3.8, 4) is 40.0 Å². The van der Waals surface area contributed by atoms with Crippen LogP contribution in [0.15, 0.2) is 52.1 Å². The lowest BCUT2D eigenvalue weighted by Crippen LogP contribution is -1.97. The van der Waals surface area contributed by atoms with E-state index < -0.39 is 0 Å². The van der Waals surface area contributed by atoms with Crippen LogP contribution in [0.4, 0.5) is 0 Å². The molecular formula is C22H21N5O4S. The Kier molecular flexibility index (Phi) is 5.68. The number of rotatable bonds is 6. The maximum absolute atomic E-state index is 5.79. The van der Waals surface area contributed by atoms with E-state index in [1.165, 1.54) is 11.8 Å². The van der Waals surface area contributed by atoms with Gasteiger partial charge in [-0.2, -0.15) is 4.98 Å². The van der Waals surface area contributed by atoms with Crippen LogP contribution in [0, 0.1) is 0 Å². The van der Waals surface area contributed by atoms with Crippen LogP contribution in [-0.4, -0.2) is 45.2 Å². The lowest BCUT2D eigenvalue weighted by molar-refractivity contribution is 0.297. The third kappa shape index (κ3) is 4.13. The molecule has 2 aromatic heterocycles. The van der Waals surface area contributed by atoms with Crippen LogP contribution in [0.2, 0.25) is 0 Å². The highest BCUT2D eigenvalue weighted by Crippen LogP contribution is 2.34. The zero-order chi connectivity index (χ0) is 21.9. The molecule has 32 heavy (non-hydrogen) atoms. The van der Waals surface area contributed by atoms with Crippen molar-refractivity contribution >= 4 is 11.8 Å². The van der Waals surface area contributed by atoms with Gasteiger partial charge in [0.2, 0.25) is 11.7 Å². The summed E-state index contributed by atoms with van der Waals surface area (Å²) in [5, 5.41) is 13.5. The second kappa shape index (κ2) is 8.91. The van der Waals surface area contributed by atoms with Gasteiger partial charge in [-0.05, 0) is 42.5 Å². The molecule has 0 aliphatic carbocycles. The summed E-state index contributed by atoms with van der Waals surface area (Å²) < 4.78 is 24.0. The van der Waals surface area contributed by atoms with E-state index in [1.807, 2.05) is 54.1 Å². The van der Waals surface area contributed by atoms with E-state index in [0.717, 1.165) is 45.8 Å². The summed E-state index contributed by atoms with van der Waals surface area (Å²) in [5.74, 6) is 4.54. The Morgan fingerprint density at radius 1 is 1.00 bits per heavy atom. The summed E-state index contributed by atoms with van der Waals surface area (Å²) in [5.41, 5.74) is 1.77. The molecular weight excluding hydrogens is 430 g/mol. The van der Waals surface area contributed by atoms with Crippen molar-refractivity contribution < 1.29 is 18.7 Å². The average Bonchev–Trinajstić information content (AvgIpc) is 3.37. The number of hydrogen-bond acceptors (Lipinski definition) is 9. The first kappa shape index (κ1) is 20.4. The van der Waals surface area contributed by atoms with Crippen LogP contribution in [0.5, 0.6) is 17.2 Å². The Balaban J connectivity index is 1.28. The van der Waals surface area contributed by atoms with E-state index in [0.29, 0.717) is 30.7 Å². The number of fused-ring (bicyclic) bond motifs is 1. The van der Waals surface area contributed by atoms with Gasteiger partial charge in [0.15, 0.2) is 22.5 Å². The van der Waals surface area contributed by atoms with Crippen LogP contribution in [-0.2, 0) is 12.8 Å². The van der Waals surface area contributed by atoms with Gasteiger partial charge in [0, 0.05) is 24.6 Å². The Bertz CT molecular complexity index is 1220. The third-order valence-electron chi connectivity index (χ3n) is 4.98. The summed E-state index contributed by atoms with van der Waals surface area (Å²) in [6.07, 6.45) is 0.866. The normalized spacial score (nSPS) is 13.1. The highest BCUT2D eigenvalue weighted by Gasteiger charge is 2.17. The lowest BCUT2D eigenvalue weighted by atomic mass is 10.2. The van der Waals surface area contributed by atoms with Gasteiger partial charge in [-0.15, -0.1) is 10.2 Å². The Labute approximate surface area is 188 Å². The van der Waals surface area contributed by atoms with Gasteiger partial charge >= 0.3 is 0 Å². The molecule has 3 heterocycles. The van der Waals surface area contributed by atoms with Gasteiger partial charge in [0.25, 0.3) is 0 Å². The second-order valence-electron chi connectivity index (χ2n) is 7.11. The van der Waals surface area contributed by atoms with Crippen LogP contribution in [0.25, 0.3) is 22.8 Å². The molecule has 0 saturated heterocycles. The maximum atomic E-state index is 5.79. The maximum Gasteiger partial charge on any atom is 0.237 e. The number of ether oxygens (including phenoxy) is 3. The summed E-state index contributed by atoms with van der Waals surface area (Å²) in [7, 11) is 3.56. The molecule has 0 atom stereocenters. The highest BCUT2D eigenvalue weighted by atomic mass is 32.2. The van der Waals surface area contributed by atoms with Crippen LogP contribution in [0.1, 0.15) is 12.3 Å². The van der Waals surface area contributed by atoms with Crippen molar-refractivity contribution in [3.63, 3.8) is 0 Å². The van der Waals surface area contributed by atoms with Gasteiger partial charge in [-0.25, -0.2) is 0 Å². The number of hydrogen-bond donors (Lipinski definition) is 0. The largest absolute Gasteiger partial charge is 0.497 e. The van der Waals surface area contributed by atoms with Gasteiger partial charge in [-0.3, -0.25) is 0 Å². The van der Waals surface area contributed by atoms with Crippen LogP contribution in [0.3, 0.4) is 0 Å². The molecule has 0 bridgehead atoms. The molecule has 0 unspecified atom stereocenters. The summed E-state index contributed by atoms with van der Waals surface area (Å²) in [6.45, 7) is 1.30. The molecule has 1 aliphatic heterocycles. The van der Waals surface area contributed by atoms with Crippen molar-refractivity contribution in [1.82, 2.24) is 24.9 Å². The van der Waals surface area contributed by atoms with Gasteiger partial charge < -0.3 is 23.3 Å². The molecule has 0 amide bonds. The fourth-order valence-electron chi connectivity index (χ4n) is 3.29. The lowest BCUT2D eigenvalue weighted by Gasteiger charge is -2.09. The number of thioether (sulfide) groups is 1. The molecule has 1 aliphatic rings. The van der Waals surface area contributed by atoms with E-state index in [1.54, 1.807) is 7.11 Å². The Morgan fingerprint density at radius 3 is 2.59 bits per heavy atom. The first-order chi connectivity index (χ1) is 15.7. The predicted octanol–water partition coefficient (Wildman–Crippen LogP) is 3.99. The minimum atomic E-state index is 0.482. The molecule has 0 spiro atoms. The van der Waals surface area contributed by atoms with Gasteiger partial charge in [0.1, 0.15) is 5.75 Å². The minimum Gasteiger partial charge on any atom is -0.497 e. The van der Waals surface area contributed by atoms with E-state index >= 15 is 0 Å². The van der Waals surface area contributed by atoms with Gasteiger partial charge in [0.05, 0.1) is 26.1 Å². The second-order valence-corrected chi connectivity index (χ2v) is 8.05. The summed E-state index contributed by atoms with van der Waals surface area (Å²) in [6, 6.07) is 13.3. The molecule has 164 valence electrons. The summed E-state index contributed by atoms with van der Waals surface area (Å²) >= 11 is 1.48. The molecule has 0 fully saturated rings. The highest BCUT2D eigenvalue weighted by molar-refractivity contribution is 7.98. The molecule has 0 N–H and O–H groups in total. The monoisotopic (exact) mass is 451 g/mol. The Morgan fingerprint density at radius 2 is 1.78 bits per heavy atom. The zero-order valence-corrected chi connectivity index (χ0v) is 18.5. The van der Waals surface area contributed by atoms with Gasteiger partial charge in [-0.1, -0.05) is 16.9 Å². The SMILES string of the molecule is COc1ccc(-c2noc(CSc3nnc(-c4ccc5c(c4)OCCCO5)n3C)n2)cc1. The number of nitrogens with zero attached hydrogens (tertiary/aromatic N) is 5. The third-order valence-corrected chi connectivity index (χ3v) is 5.99. The zero-order valence-electron chi connectivity index (χ0n) is 17.6. The quantitative estimate of drug-likeness (QED) is 0.403. The molecule has 4 aromatic rings. The molecule has 0 saturated carbocycles. The molecule has 9 nitrogen and oxygen atoms in total. The van der Waals surface area contributed by atoms with E-state index in [-0.39, 0.29) is 0 Å². The van der Waals surface area contributed by atoms with Crippen LogP contribution >= 0.6 is 11.8 Å². The first-order valence-electron chi connectivity index (χ1n) is 10.1. The predicted molar refractivity (Wildman–Crippen MR) is 118 cm³/mol.